The number of aryl methyl sites for hydroxylation is 1. The lowest BCUT2D eigenvalue weighted by molar-refractivity contribution is 0.0922. The van der Waals surface area contributed by atoms with Gasteiger partial charge in [0, 0.05) is 22.1 Å². The zero-order valence-electron chi connectivity index (χ0n) is 9.78. The van der Waals surface area contributed by atoms with Crippen LogP contribution in [-0.4, -0.2) is 14.9 Å². The van der Waals surface area contributed by atoms with Crippen molar-refractivity contribution in [3.05, 3.63) is 49.6 Å². The highest BCUT2D eigenvalue weighted by Crippen LogP contribution is 2.37. The molecule has 1 aromatic carbocycles. The minimum atomic E-state index is -1.22. The normalized spacial score (nSPS) is 14.6. The summed E-state index contributed by atoms with van der Waals surface area (Å²) in [5.74, 6) is 0. The minimum absolute atomic E-state index is 0.502. The van der Waals surface area contributed by atoms with Gasteiger partial charge in [-0.2, -0.15) is 5.10 Å². The summed E-state index contributed by atoms with van der Waals surface area (Å²) in [5, 5.41) is 15.4. The zero-order chi connectivity index (χ0) is 13.5. The van der Waals surface area contributed by atoms with Crippen LogP contribution in [0.5, 0.6) is 0 Å². The van der Waals surface area contributed by atoms with E-state index in [2.05, 4.69) is 37.0 Å². The zero-order valence-corrected chi connectivity index (χ0v) is 13.7. The lowest BCUT2D eigenvalue weighted by Crippen LogP contribution is -2.27. The summed E-state index contributed by atoms with van der Waals surface area (Å²) in [6.07, 6.45) is 1.65. The maximum absolute atomic E-state index is 10.8. The van der Waals surface area contributed by atoms with E-state index in [-0.39, 0.29) is 0 Å². The topological polar surface area (TPSA) is 38.0 Å². The molecule has 1 atom stereocenters. The molecule has 0 spiro atoms. The molecule has 96 valence electrons. The van der Waals surface area contributed by atoms with Gasteiger partial charge in [0.2, 0.25) is 0 Å². The van der Waals surface area contributed by atoms with Gasteiger partial charge >= 0.3 is 0 Å². The number of rotatable bonds is 2. The van der Waals surface area contributed by atoms with Gasteiger partial charge in [0.25, 0.3) is 0 Å². The molecular formula is C12H11Br2ClN2O. The smallest absolute Gasteiger partial charge is 0.131 e. The van der Waals surface area contributed by atoms with Gasteiger partial charge in [-0.3, -0.25) is 4.68 Å². The summed E-state index contributed by atoms with van der Waals surface area (Å²) in [6, 6.07) is 5.40. The highest BCUT2D eigenvalue weighted by Gasteiger charge is 2.33. The Morgan fingerprint density at radius 1 is 1.39 bits per heavy atom. The van der Waals surface area contributed by atoms with Gasteiger partial charge in [-0.25, -0.2) is 0 Å². The molecule has 0 fully saturated rings. The molecule has 0 aliphatic heterocycles. The van der Waals surface area contributed by atoms with Crippen LogP contribution in [0.4, 0.5) is 0 Å². The van der Waals surface area contributed by atoms with Gasteiger partial charge in [-0.1, -0.05) is 33.6 Å². The average molecular weight is 394 g/mol. The molecule has 0 amide bonds. The van der Waals surface area contributed by atoms with Crippen molar-refractivity contribution in [3.63, 3.8) is 0 Å². The van der Waals surface area contributed by atoms with Crippen LogP contribution in [0.25, 0.3) is 0 Å². The van der Waals surface area contributed by atoms with E-state index in [1.807, 2.05) is 6.07 Å². The molecule has 1 heterocycles. The van der Waals surface area contributed by atoms with E-state index in [0.29, 0.717) is 16.3 Å². The standard InChI is InChI=1S/C12H11Br2ClN2O/c1-12(18,11-9(14)6-16-17(11)2)8-4-3-7(13)5-10(8)15/h3-6,18H,1-2H3. The Balaban J connectivity index is 2.61. The Morgan fingerprint density at radius 2 is 2.06 bits per heavy atom. The predicted molar refractivity (Wildman–Crippen MR) is 78.7 cm³/mol. The van der Waals surface area contributed by atoms with Crippen LogP contribution in [0, 0.1) is 0 Å². The maximum atomic E-state index is 10.8. The summed E-state index contributed by atoms with van der Waals surface area (Å²) < 4.78 is 3.24. The summed E-state index contributed by atoms with van der Waals surface area (Å²) in [4.78, 5) is 0. The Kier molecular flexibility index (Phi) is 3.88. The molecule has 1 N–H and O–H groups in total. The van der Waals surface area contributed by atoms with Crippen molar-refractivity contribution in [3.8, 4) is 0 Å². The van der Waals surface area contributed by atoms with Crippen LogP contribution in [0.1, 0.15) is 18.2 Å². The second-order valence-corrected chi connectivity index (χ2v) is 6.34. The first kappa shape index (κ1) is 14.1. The van der Waals surface area contributed by atoms with E-state index in [9.17, 15) is 5.11 Å². The van der Waals surface area contributed by atoms with Crippen LogP contribution < -0.4 is 0 Å². The van der Waals surface area contributed by atoms with Crippen molar-refractivity contribution >= 4 is 43.5 Å². The second kappa shape index (κ2) is 4.96. The monoisotopic (exact) mass is 392 g/mol. The number of hydrogen-bond acceptors (Lipinski definition) is 2. The second-order valence-electron chi connectivity index (χ2n) is 4.16. The number of halogens is 3. The first-order valence-electron chi connectivity index (χ1n) is 5.20. The number of benzene rings is 1. The Labute approximate surface area is 127 Å². The molecule has 1 aromatic heterocycles. The van der Waals surface area contributed by atoms with Crippen LogP contribution in [0.15, 0.2) is 33.3 Å². The van der Waals surface area contributed by atoms with E-state index in [0.717, 1.165) is 8.95 Å². The van der Waals surface area contributed by atoms with Crippen molar-refractivity contribution in [1.82, 2.24) is 9.78 Å². The fourth-order valence-corrected chi connectivity index (χ4v) is 3.56. The molecule has 0 saturated carbocycles. The van der Waals surface area contributed by atoms with Crippen LogP contribution in [-0.2, 0) is 12.6 Å². The van der Waals surface area contributed by atoms with E-state index in [1.54, 1.807) is 37.0 Å². The fraction of sp³-hybridized carbons (Fsp3) is 0.250. The number of hydrogen-bond donors (Lipinski definition) is 1. The summed E-state index contributed by atoms with van der Waals surface area (Å²) in [6.45, 7) is 1.70. The molecule has 0 saturated heterocycles. The summed E-state index contributed by atoms with van der Waals surface area (Å²) in [7, 11) is 1.78. The molecule has 0 aliphatic carbocycles. The molecule has 18 heavy (non-hydrogen) atoms. The SMILES string of the molecule is Cn1ncc(Br)c1C(C)(O)c1ccc(Br)cc1Cl. The van der Waals surface area contributed by atoms with E-state index in [4.69, 9.17) is 11.6 Å². The highest BCUT2D eigenvalue weighted by atomic mass is 79.9. The maximum Gasteiger partial charge on any atom is 0.131 e. The number of aliphatic hydroxyl groups is 1. The average Bonchev–Trinajstić information content (AvgIpc) is 2.58. The molecule has 3 nitrogen and oxygen atoms in total. The Morgan fingerprint density at radius 3 is 2.56 bits per heavy atom. The fourth-order valence-electron chi connectivity index (χ4n) is 1.97. The van der Waals surface area contributed by atoms with Crippen molar-refractivity contribution < 1.29 is 5.11 Å². The molecule has 6 heteroatoms. The molecular weight excluding hydrogens is 383 g/mol. The van der Waals surface area contributed by atoms with Gasteiger partial charge in [-0.15, -0.1) is 0 Å². The van der Waals surface area contributed by atoms with Crippen molar-refractivity contribution in [1.29, 1.82) is 0 Å². The van der Waals surface area contributed by atoms with Crippen molar-refractivity contribution in [2.45, 2.75) is 12.5 Å². The predicted octanol–water partition coefficient (Wildman–Crippen LogP) is 3.85. The molecule has 2 rings (SSSR count). The first-order valence-corrected chi connectivity index (χ1v) is 7.16. The Bertz CT molecular complexity index is 576. The quantitative estimate of drug-likeness (QED) is 0.840. The molecule has 0 aliphatic rings. The lowest BCUT2D eigenvalue weighted by atomic mass is 9.92. The minimum Gasteiger partial charge on any atom is -0.379 e. The third-order valence-electron chi connectivity index (χ3n) is 2.81. The molecule has 1 unspecified atom stereocenters. The van der Waals surface area contributed by atoms with Gasteiger partial charge in [0.05, 0.1) is 16.4 Å². The third kappa shape index (κ3) is 2.37. The van der Waals surface area contributed by atoms with Crippen LogP contribution >= 0.6 is 43.5 Å². The van der Waals surface area contributed by atoms with E-state index >= 15 is 0 Å². The van der Waals surface area contributed by atoms with Crippen molar-refractivity contribution in [2.24, 2.45) is 7.05 Å². The van der Waals surface area contributed by atoms with Crippen LogP contribution in [0.3, 0.4) is 0 Å². The summed E-state index contributed by atoms with van der Waals surface area (Å²) in [5.41, 5.74) is 0.0744. The molecule has 0 radical (unpaired) electrons. The molecule has 2 aromatic rings. The van der Waals surface area contributed by atoms with Gasteiger partial charge in [-0.05, 0) is 35.0 Å². The number of nitrogens with zero attached hydrogens (tertiary/aromatic N) is 2. The van der Waals surface area contributed by atoms with Gasteiger partial charge in [0.1, 0.15) is 5.60 Å². The highest BCUT2D eigenvalue weighted by molar-refractivity contribution is 9.10. The lowest BCUT2D eigenvalue weighted by Gasteiger charge is -2.26. The van der Waals surface area contributed by atoms with Gasteiger partial charge < -0.3 is 5.11 Å². The van der Waals surface area contributed by atoms with Crippen LogP contribution in [0.2, 0.25) is 5.02 Å². The molecule has 0 bridgehead atoms. The first-order chi connectivity index (χ1) is 8.34. The van der Waals surface area contributed by atoms with Crippen molar-refractivity contribution in [2.75, 3.05) is 0 Å². The third-order valence-corrected chi connectivity index (χ3v) is 4.20. The van der Waals surface area contributed by atoms with Gasteiger partial charge in [0.15, 0.2) is 0 Å². The Hall–Kier alpha value is -0.360. The largest absolute Gasteiger partial charge is 0.379 e. The van der Waals surface area contributed by atoms with E-state index < -0.39 is 5.60 Å². The van der Waals surface area contributed by atoms with E-state index in [1.165, 1.54) is 0 Å². The summed E-state index contributed by atoms with van der Waals surface area (Å²) >= 11 is 12.9. The number of aromatic nitrogens is 2.